The molecule has 27 heavy (non-hydrogen) atoms. The van der Waals surface area contributed by atoms with Gasteiger partial charge in [-0.1, -0.05) is 12.2 Å². The number of rotatable bonds is 4. The number of likely N-dealkylation sites (tertiary alicyclic amines) is 3. The molecular formula is C21H31N3O3. The number of nitrogens with zero attached hydrogens (tertiary/aromatic N) is 3. The first kappa shape index (κ1) is 18.5. The summed E-state index contributed by atoms with van der Waals surface area (Å²) in [6, 6.07) is 0.333. The maximum atomic E-state index is 12.6. The zero-order valence-corrected chi connectivity index (χ0v) is 16.3. The molecule has 2 atom stereocenters. The average Bonchev–Trinajstić information content (AvgIpc) is 3.25. The average molecular weight is 373 g/mol. The molecule has 0 radical (unpaired) electrons. The Morgan fingerprint density at radius 1 is 1.22 bits per heavy atom. The number of hydrogen-bond acceptors (Lipinski definition) is 4. The van der Waals surface area contributed by atoms with Crippen molar-refractivity contribution in [3.05, 3.63) is 23.9 Å². The fourth-order valence-corrected chi connectivity index (χ4v) is 5.07. The number of carbonyl (C=O) groups excluding carboxylic acids is 2. The Kier molecular flexibility index (Phi) is 5.53. The highest BCUT2D eigenvalue weighted by molar-refractivity contribution is 5.82. The monoisotopic (exact) mass is 373 g/mol. The van der Waals surface area contributed by atoms with Crippen molar-refractivity contribution < 1.29 is 14.3 Å². The molecule has 3 saturated heterocycles. The fourth-order valence-electron chi connectivity index (χ4n) is 5.07. The topological polar surface area (TPSA) is 53.1 Å². The van der Waals surface area contributed by atoms with Gasteiger partial charge in [-0.05, 0) is 44.6 Å². The molecule has 0 N–H and O–H groups in total. The van der Waals surface area contributed by atoms with Gasteiger partial charge in [-0.15, -0.1) is 0 Å². The first-order valence-electron chi connectivity index (χ1n) is 10.5. The van der Waals surface area contributed by atoms with Gasteiger partial charge in [0.05, 0.1) is 12.6 Å². The Balaban J connectivity index is 1.27. The summed E-state index contributed by atoms with van der Waals surface area (Å²) >= 11 is 0. The first-order chi connectivity index (χ1) is 13.2. The van der Waals surface area contributed by atoms with Crippen molar-refractivity contribution in [3.63, 3.8) is 0 Å². The molecule has 3 aliphatic heterocycles. The molecular weight excluding hydrogens is 342 g/mol. The van der Waals surface area contributed by atoms with E-state index in [0.717, 1.165) is 58.4 Å². The lowest BCUT2D eigenvalue weighted by Crippen LogP contribution is -2.42. The maximum Gasteiger partial charge on any atom is 0.409 e. The van der Waals surface area contributed by atoms with Crippen LogP contribution in [0.5, 0.6) is 0 Å². The van der Waals surface area contributed by atoms with Crippen LogP contribution in [0.15, 0.2) is 23.9 Å². The summed E-state index contributed by atoms with van der Waals surface area (Å²) in [4.78, 5) is 30.9. The number of allylic oxidation sites excluding steroid dienone is 4. The van der Waals surface area contributed by atoms with Crippen LogP contribution in [-0.2, 0) is 9.53 Å². The molecule has 3 fully saturated rings. The van der Waals surface area contributed by atoms with Gasteiger partial charge in [-0.2, -0.15) is 0 Å². The Hall–Kier alpha value is -1.82. The number of amides is 2. The van der Waals surface area contributed by atoms with Crippen LogP contribution in [0.4, 0.5) is 4.79 Å². The van der Waals surface area contributed by atoms with Gasteiger partial charge in [-0.3, -0.25) is 4.79 Å². The van der Waals surface area contributed by atoms with Crippen molar-refractivity contribution in [2.75, 3.05) is 39.3 Å². The summed E-state index contributed by atoms with van der Waals surface area (Å²) in [5.74, 6) is 1.35. The van der Waals surface area contributed by atoms with E-state index in [4.69, 9.17) is 4.74 Å². The Morgan fingerprint density at radius 2 is 2.04 bits per heavy atom. The number of fused-ring (bicyclic) bond motifs is 1. The summed E-state index contributed by atoms with van der Waals surface area (Å²) in [6.45, 7) is 7.02. The third kappa shape index (κ3) is 3.91. The molecule has 0 saturated carbocycles. The van der Waals surface area contributed by atoms with Gasteiger partial charge in [0.15, 0.2) is 0 Å². The van der Waals surface area contributed by atoms with Gasteiger partial charge in [0.1, 0.15) is 0 Å². The van der Waals surface area contributed by atoms with Crippen LogP contribution in [0.2, 0.25) is 0 Å². The normalized spacial score (nSPS) is 29.2. The van der Waals surface area contributed by atoms with Gasteiger partial charge in [-0.25, -0.2) is 4.79 Å². The van der Waals surface area contributed by atoms with Crippen molar-refractivity contribution in [2.24, 2.45) is 11.8 Å². The smallest absolute Gasteiger partial charge is 0.409 e. The molecule has 0 aromatic heterocycles. The Labute approximate surface area is 161 Å². The Morgan fingerprint density at radius 3 is 2.81 bits per heavy atom. The molecule has 1 unspecified atom stereocenters. The lowest BCUT2D eigenvalue weighted by molar-refractivity contribution is -0.128. The van der Waals surface area contributed by atoms with E-state index in [-0.39, 0.29) is 6.09 Å². The zero-order valence-electron chi connectivity index (χ0n) is 16.3. The van der Waals surface area contributed by atoms with Gasteiger partial charge in [0.25, 0.3) is 0 Å². The fraction of sp³-hybridized carbons (Fsp3) is 0.714. The molecule has 6 nitrogen and oxygen atoms in total. The van der Waals surface area contributed by atoms with Crippen LogP contribution in [0, 0.1) is 11.8 Å². The predicted octanol–water partition coefficient (Wildman–Crippen LogP) is 2.62. The number of hydrogen-bond donors (Lipinski definition) is 0. The van der Waals surface area contributed by atoms with Crippen molar-refractivity contribution in [1.29, 1.82) is 0 Å². The van der Waals surface area contributed by atoms with E-state index < -0.39 is 0 Å². The summed E-state index contributed by atoms with van der Waals surface area (Å²) in [5.41, 5.74) is 1.25. The standard InChI is InChI=1S/C21H31N3O3/c1-2-27-21(26)23-11-7-16(8-12-23)14-22-10-9-18(15-22)24-19-6-4-3-5-17(19)13-20(24)25/h3-4,6,16-18H,2,5,7-15H2,1H3/t17?,18-/m1/s1. The molecule has 0 aromatic carbocycles. The van der Waals surface area contributed by atoms with Gasteiger partial charge in [0.2, 0.25) is 5.91 Å². The van der Waals surface area contributed by atoms with Crippen LogP contribution in [-0.4, -0.2) is 72.1 Å². The summed E-state index contributed by atoms with van der Waals surface area (Å²) in [5, 5.41) is 0. The highest BCUT2D eigenvalue weighted by atomic mass is 16.6. The van der Waals surface area contributed by atoms with Crippen LogP contribution < -0.4 is 0 Å². The van der Waals surface area contributed by atoms with Crippen molar-refractivity contribution in [1.82, 2.24) is 14.7 Å². The molecule has 148 valence electrons. The molecule has 4 aliphatic rings. The zero-order chi connectivity index (χ0) is 18.8. The summed E-state index contributed by atoms with van der Waals surface area (Å²) in [6.07, 6.45) is 11.1. The highest BCUT2D eigenvalue weighted by Gasteiger charge is 2.41. The second kappa shape index (κ2) is 8.05. The highest BCUT2D eigenvalue weighted by Crippen LogP contribution is 2.37. The van der Waals surface area contributed by atoms with E-state index >= 15 is 0 Å². The minimum Gasteiger partial charge on any atom is -0.450 e. The third-order valence-corrected chi connectivity index (χ3v) is 6.48. The summed E-state index contributed by atoms with van der Waals surface area (Å²) < 4.78 is 5.10. The molecule has 0 spiro atoms. The molecule has 3 heterocycles. The molecule has 0 bridgehead atoms. The van der Waals surface area contributed by atoms with Crippen LogP contribution in [0.25, 0.3) is 0 Å². The largest absolute Gasteiger partial charge is 0.450 e. The van der Waals surface area contributed by atoms with Gasteiger partial charge >= 0.3 is 6.09 Å². The molecule has 4 rings (SSSR count). The van der Waals surface area contributed by atoms with E-state index in [2.05, 4.69) is 28.0 Å². The minimum absolute atomic E-state index is 0.172. The number of ether oxygens (including phenoxy) is 1. The Bertz CT molecular complexity index is 637. The van der Waals surface area contributed by atoms with Crippen LogP contribution in [0.1, 0.15) is 39.0 Å². The lowest BCUT2D eigenvalue weighted by atomic mass is 9.96. The quantitative estimate of drug-likeness (QED) is 0.760. The summed E-state index contributed by atoms with van der Waals surface area (Å²) in [7, 11) is 0. The van der Waals surface area contributed by atoms with E-state index in [1.807, 2.05) is 11.8 Å². The third-order valence-electron chi connectivity index (χ3n) is 6.48. The van der Waals surface area contributed by atoms with Crippen LogP contribution >= 0.6 is 0 Å². The van der Waals surface area contributed by atoms with Crippen molar-refractivity contribution in [2.45, 2.75) is 45.1 Å². The second-order valence-corrected chi connectivity index (χ2v) is 8.25. The predicted molar refractivity (Wildman–Crippen MR) is 103 cm³/mol. The van der Waals surface area contributed by atoms with E-state index in [1.54, 1.807) is 0 Å². The van der Waals surface area contributed by atoms with Crippen molar-refractivity contribution >= 4 is 12.0 Å². The van der Waals surface area contributed by atoms with Gasteiger partial charge in [0, 0.05) is 50.8 Å². The number of piperidine rings is 1. The lowest BCUT2D eigenvalue weighted by Gasteiger charge is -2.33. The molecule has 0 aromatic rings. The van der Waals surface area contributed by atoms with Crippen molar-refractivity contribution in [3.8, 4) is 0 Å². The second-order valence-electron chi connectivity index (χ2n) is 8.25. The molecule has 1 aliphatic carbocycles. The van der Waals surface area contributed by atoms with Crippen LogP contribution in [0.3, 0.4) is 0 Å². The SMILES string of the molecule is CCOC(=O)N1CCC(CN2CC[C@@H](N3C(=O)CC4CC=CC=C43)C2)CC1. The van der Waals surface area contributed by atoms with E-state index in [1.165, 1.54) is 5.70 Å². The minimum atomic E-state index is -0.172. The van der Waals surface area contributed by atoms with E-state index in [0.29, 0.717) is 36.8 Å². The maximum absolute atomic E-state index is 12.6. The number of carbonyl (C=O) groups is 2. The first-order valence-corrected chi connectivity index (χ1v) is 10.5. The van der Waals surface area contributed by atoms with E-state index in [9.17, 15) is 9.59 Å². The molecule has 6 heteroatoms. The molecule has 2 amide bonds. The van der Waals surface area contributed by atoms with Gasteiger partial charge < -0.3 is 19.4 Å².